The number of rotatable bonds is 6. The molecule has 2 amide bonds. The van der Waals surface area contributed by atoms with Crippen LogP contribution in [0.3, 0.4) is 0 Å². The molecule has 0 saturated carbocycles. The lowest BCUT2D eigenvalue weighted by atomic mass is 10.1. The standard InChI is InChI=1S/C7H13N2O3/c1-6(7(8)11)3-2-4-9(12)5-10/h2,5-6,12H,3-4H2,1H3,(H2,8,11)/t6-/m0/s1. The number of nitrogens with zero attached hydrogens (tertiary/aromatic N) is 1. The van der Waals surface area contributed by atoms with Gasteiger partial charge in [-0.15, -0.1) is 0 Å². The van der Waals surface area contributed by atoms with Crippen LogP contribution in [-0.4, -0.2) is 29.1 Å². The Bertz CT molecular complexity index is 161. The third kappa shape index (κ3) is 4.68. The molecule has 0 aromatic carbocycles. The van der Waals surface area contributed by atoms with Gasteiger partial charge in [-0.05, 0) is 12.8 Å². The van der Waals surface area contributed by atoms with Crippen molar-refractivity contribution < 1.29 is 14.8 Å². The van der Waals surface area contributed by atoms with E-state index in [2.05, 4.69) is 0 Å². The minimum Gasteiger partial charge on any atom is -0.369 e. The fourth-order valence-electron chi connectivity index (χ4n) is 0.616. The first-order valence-corrected chi connectivity index (χ1v) is 3.59. The highest BCUT2D eigenvalue weighted by Gasteiger charge is 2.08. The number of carbonyl (C=O) groups excluding carboxylic acids is 2. The zero-order valence-corrected chi connectivity index (χ0v) is 6.93. The number of amides is 2. The van der Waals surface area contributed by atoms with Crippen LogP contribution >= 0.6 is 0 Å². The maximum Gasteiger partial charge on any atom is 0.233 e. The predicted molar refractivity (Wildman–Crippen MR) is 41.8 cm³/mol. The summed E-state index contributed by atoms with van der Waals surface area (Å²) < 4.78 is 0. The lowest BCUT2D eigenvalue weighted by molar-refractivity contribution is -0.148. The van der Waals surface area contributed by atoms with E-state index in [0.717, 1.165) is 0 Å². The fourth-order valence-corrected chi connectivity index (χ4v) is 0.616. The van der Waals surface area contributed by atoms with Crippen LogP contribution in [0, 0.1) is 12.3 Å². The van der Waals surface area contributed by atoms with Crippen molar-refractivity contribution in [3.63, 3.8) is 0 Å². The van der Waals surface area contributed by atoms with Crippen LogP contribution in [0.2, 0.25) is 0 Å². The van der Waals surface area contributed by atoms with Gasteiger partial charge >= 0.3 is 0 Å². The van der Waals surface area contributed by atoms with Gasteiger partial charge in [0.15, 0.2) is 0 Å². The summed E-state index contributed by atoms with van der Waals surface area (Å²) in [6, 6.07) is 0. The monoisotopic (exact) mass is 173 g/mol. The van der Waals surface area contributed by atoms with Crippen molar-refractivity contribution in [2.75, 3.05) is 6.54 Å². The van der Waals surface area contributed by atoms with Crippen LogP contribution in [-0.2, 0) is 9.59 Å². The summed E-state index contributed by atoms with van der Waals surface area (Å²) in [5.74, 6) is -0.646. The molecule has 0 aliphatic rings. The predicted octanol–water partition coefficient (Wildman–Crippen LogP) is -0.450. The van der Waals surface area contributed by atoms with Gasteiger partial charge in [0.25, 0.3) is 0 Å². The van der Waals surface area contributed by atoms with E-state index in [1.54, 1.807) is 13.3 Å². The number of hydroxylamine groups is 2. The molecule has 3 N–H and O–H groups in total. The molecule has 69 valence electrons. The molecule has 0 aromatic heterocycles. The fraction of sp³-hybridized carbons (Fsp3) is 0.571. The smallest absolute Gasteiger partial charge is 0.233 e. The highest BCUT2D eigenvalue weighted by Crippen LogP contribution is 2.03. The van der Waals surface area contributed by atoms with Crippen molar-refractivity contribution >= 4 is 12.3 Å². The summed E-state index contributed by atoms with van der Waals surface area (Å²) in [4.78, 5) is 20.4. The second-order valence-electron chi connectivity index (χ2n) is 2.56. The van der Waals surface area contributed by atoms with Crippen LogP contribution in [0.25, 0.3) is 0 Å². The van der Waals surface area contributed by atoms with Gasteiger partial charge in [-0.2, -0.15) is 0 Å². The van der Waals surface area contributed by atoms with Gasteiger partial charge < -0.3 is 5.73 Å². The van der Waals surface area contributed by atoms with Crippen molar-refractivity contribution in [3.05, 3.63) is 6.42 Å². The van der Waals surface area contributed by atoms with E-state index in [1.807, 2.05) is 0 Å². The number of hydrogen-bond acceptors (Lipinski definition) is 3. The number of nitrogens with two attached hydrogens (primary N) is 1. The van der Waals surface area contributed by atoms with Gasteiger partial charge in [-0.3, -0.25) is 14.8 Å². The van der Waals surface area contributed by atoms with Gasteiger partial charge in [-0.25, -0.2) is 5.06 Å². The normalized spacial score (nSPS) is 12.2. The molecule has 0 aliphatic heterocycles. The molecule has 0 fully saturated rings. The van der Waals surface area contributed by atoms with E-state index < -0.39 is 0 Å². The van der Waals surface area contributed by atoms with Crippen LogP contribution in [0.1, 0.15) is 13.3 Å². The first-order chi connectivity index (χ1) is 5.57. The summed E-state index contributed by atoms with van der Waals surface area (Å²) in [6.45, 7) is 1.79. The summed E-state index contributed by atoms with van der Waals surface area (Å²) in [5, 5.41) is 9.12. The Morgan fingerprint density at radius 1 is 1.75 bits per heavy atom. The molecule has 0 aromatic rings. The van der Waals surface area contributed by atoms with Gasteiger partial charge in [0.05, 0.1) is 6.54 Å². The molecule has 5 nitrogen and oxygen atoms in total. The van der Waals surface area contributed by atoms with Crippen molar-refractivity contribution in [1.82, 2.24) is 5.06 Å². The Morgan fingerprint density at radius 3 is 2.75 bits per heavy atom. The van der Waals surface area contributed by atoms with Crippen molar-refractivity contribution in [3.8, 4) is 0 Å². The Balaban J connectivity index is 3.43. The molecule has 0 rings (SSSR count). The highest BCUT2D eigenvalue weighted by atomic mass is 16.5. The SMILES string of the molecule is C[C@@H](C[CH]CN(O)C=O)C(N)=O. The Morgan fingerprint density at radius 2 is 2.33 bits per heavy atom. The summed E-state index contributed by atoms with van der Waals surface area (Å²) >= 11 is 0. The molecule has 0 aliphatic carbocycles. The second-order valence-corrected chi connectivity index (χ2v) is 2.56. The zero-order chi connectivity index (χ0) is 9.56. The molecule has 0 unspecified atom stereocenters. The summed E-state index contributed by atoms with van der Waals surface area (Å²) in [7, 11) is 0. The Labute approximate surface area is 71.1 Å². The molecular formula is C7H13N2O3. The molecule has 0 spiro atoms. The average molecular weight is 173 g/mol. The minimum absolute atomic E-state index is 0.112. The van der Waals surface area contributed by atoms with E-state index in [0.29, 0.717) is 17.9 Å². The number of hydrogen-bond donors (Lipinski definition) is 2. The van der Waals surface area contributed by atoms with Crippen LogP contribution in [0.5, 0.6) is 0 Å². The first kappa shape index (κ1) is 10.9. The number of carbonyl (C=O) groups is 2. The summed E-state index contributed by atoms with van der Waals surface area (Å²) in [5.41, 5.74) is 4.98. The Hall–Kier alpha value is -1.10. The molecule has 0 heterocycles. The lowest BCUT2D eigenvalue weighted by Crippen LogP contribution is -2.23. The van der Waals surface area contributed by atoms with E-state index in [1.165, 1.54) is 0 Å². The largest absolute Gasteiger partial charge is 0.369 e. The zero-order valence-electron chi connectivity index (χ0n) is 6.93. The maximum atomic E-state index is 10.5. The molecule has 5 heteroatoms. The molecular weight excluding hydrogens is 160 g/mol. The third-order valence-electron chi connectivity index (χ3n) is 1.44. The van der Waals surface area contributed by atoms with Gasteiger partial charge in [0.2, 0.25) is 12.3 Å². The van der Waals surface area contributed by atoms with Crippen LogP contribution in [0.15, 0.2) is 0 Å². The molecule has 0 bridgehead atoms. The topological polar surface area (TPSA) is 83.6 Å². The van der Waals surface area contributed by atoms with E-state index in [4.69, 9.17) is 10.9 Å². The maximum absolute atomic E-state index is 10.5. The van der Waals surface area contributed by atoms with Gasteiger partial charge in [0.1, 0.15) is 0 Å². The Kier molecular flexibility index (Phi) is 5.03. The van der Waals surface area contributed by atoms with Crippen LogP contribution in [0.4, 0.5) is 0 Å². The average Bonchev–Trinajstić information content (AvgIpc) is 2.03. The molecule has 1 atom stereocenters. The third-order valence-corrected chi connectivity index (χ3v) is 1.44. The van der Waals surface area contributed by atoms with Crippen molar-refractivity contribution in [2.24, 2.45) is 11.7 Å². The van der Waals surface area contributed by atoms with Crippen molar-refractivity contribution in [1.29, 1.82) is 0 Å². The van der Waals surface area contributed by atoms with E-state index in [9.17, 15) is 9.59 Å². The highest BCUT2D eigenvalue weighted by molar-refractivity contribution is 5.76. The first-order valence-electron chi connectivity index (χ1n) is 3.59. The van der Waals surface area contributed by atoms with E-state index >= 15 is 0 Å². The number of primary amides is 1. The van der Waals surface area contributed by atoms with Crippen LogP contribution < -0.4 is 5.73 Å². The molecule has 1 radical (unpaired) electrons. The summed E-state index contributed by atoms with van der Waals surface area (Å²) in [6.07, 6.45) is 2.37. The van der Waals surface area contributed by atoms with Gasteiger partial charge in [-0.1, -0.05) is 6.92 Å². The second kappa shape index (κ2) is 5.54. The van der Waals surface area contributed by atoms with Gasteiger partial charge in [0, 0.05) is 5.92 Å². The lowest BCUT2D eigenvalue weighted by Gasteiger charge is -2.09. The minimum atomic E-state index is -0.387. The molecule has 0 saturated heterocycles. The van der Waals surface area contributed by atoms with E-state index in [-0.39, 0.29) is 18.4 Å². The van der Waals surface area contributed by atoms with Crippen molar-refractivity contribution in [2.45, 2.75) is 13.3 Å². The quantitative estimate of drug-likeness (QED) is 0.324. The molecule has 12 heavy (non-hydrogen) atoms.